The van der Waals surface area contributed by atoms with E-state index in [1.54, 1.807) is 0 Å². The van der Waals surface area contributed by atoms with E-state index in [2.05, 4.69) is 58.0 Å². The van der Waals surface area contributed by atoms with Gasteiger partial charge in [0.1, 0.15) is 5.82 Å². The largest absolute Gasteiger partial charge is 0.356 e. The minimum Gasteiger partial charge on any atom is -0.356 e. The van der Waals surface area contributed by atoms with Crippen molar-refractivity contribution in [2.75, 3.05) is 55.6 Å². The fourth-order valence-electron chi connectivity index (χ4n) is 3.87. The lowest BCUT2D eigenvalue weighted by molar-refractivity contribution is 0.270. The molecule has 2 aliphatic rings. The molecule has 2 aromatic rings. The number of anilines is 2. The summed E-state index contributed by atoms with van der Waals surface area (Å²) in [5.74, 6) is 1.98. The van der Waals surface area contributed by atoms with Gasteiger partial charge in [-0.15, -0.1) is 0 Å². The molecule has 26 heavy (non-hydrogen) atoms. The maximum absolute atomic E-state index is 4.98. The Morgan fingerprint density at radius 1 is 0.808 bits per heavy atom. The number of piperidine rings is 1. The van der Waals surface area contributed by atoms with Crippen molar-refractivity contribution in [3.63, 3.8) is 0 Å². The van der Waals surface area contributed by atoms with E-state index in [9.17, 15) is 0 Å². The van der Waals surface area contributed by atoms with Crippen LogP contribution in [0.3, 0.4) is 0 Å². The molecule has 4 rings (SSSR count). The van der Waals surface area contributed by atoms with Gasteiger partial charge in [0, 0.05) is 50.9 Å². The molecule has 5 nitrogen and oxygen atoms in total. The molecule has 0 amide bonds. The van der Waals surface area contributed by atoms with E-state index in [1.807, 2.05) is 0 Å². The van der Waals surface area contributed by atoms with Crippen molar-refractivity contribution >= 4 is 11.8 Å². The van der Waals surface area contributed by atoms with Crippen molar-refractivity contribution in [1.29, 1.82) is 0 Å². The van der Waals surface area contributed by atoms with Crippen LogP contribution in [0.15, 0.2) is 36.4 Å². The first-order chi connectivity index (χ1) is 12.8. The average molecular weight is 351 g/mol. The number of piperazine rings is 1. The molecule has 0 spiro atoms. The molecule has 2 aliphatic heterocycles. The third-order valence-corrected chi connectivity index (χ3v) is 5.55. The lowest BCUT2D eigenvalue weighted by Gasteiger charge is -2.35. The topological polar surface area (TPSA) is 35.5 Å². The highest BCUT2D eigenvalue weighted by Gasteiger charge is 2.21. The number of nitrogens with zero attached hydrogens (tertiary/aromatic N) is 5. The molecule has 0 atom stereocenters. The van der Waals surface area contributed by atoms with E-state index in [4.69, 9.17) is 9.97 Å². The second kappa shape index (κ2) is 8.04. The SMILES string of the molecule is CCN1CCN(c2nc(-c3ccccc3)cc(N3CCCCC3)n2)CC1. The van der Waals surface area contributed by atoms with E-state index in [-0.39, 0.29) is 0 Å². The van der Waals surface area contributed by atoms with Crippen molar-refractivity contribution in [3.05, 3.63) is 36.4 Å². The van der Waals surface area contributed by atoms with Crippen LogP contribution >= 0.6 is 0 Å². The molecule has 0 N–H and O–H groups in total. The fourth-order valence-corrected chi connectivity index (χ4v) is 3.87. The van der Waals surface area contributed by atoms with Gasteiger partial charge in [0.2, 0.25) is 5.95 Å². The molecule has 0 saturated carbocycles. The van der Waals surface area contributed by atoms with Gasteiger partial charge in [-0.2, -0.15) is 4.98 Å². The second-order valence-electron chi connectivity index (χ2n) is 7.25. The van der Waals surface area contributed by atoms with Gasteiger partial charge >= 0.3 is 0 Å². The van der Waals surface area contributed by atoms with Crippen molar-refractivity contribution in [2.45, 2.75) is 26.2 Å². The van der Waals surface area contributed by atoms with Crippen LogP contribution < -0.4 is 9.80 Å². The molecule has 1 aromatic carbocycles. The van der Waals surface area contributed by atoms with E-state index < -0.39 is 0 Å². The van der Waals surface area contributed by atoms with Gasteiger partial charge in [-0.1, -0.05) is 37.3 Å². The zero-order valence-electron chi connectivity index (χ0n) is 15.8. The normalized spacial score (nSPS) is 19.0. The summed E-state index contributed by atoms with van der Waals surface area (Å²) >= 11 is 0. The summed E-state index contributed by atoms with van der Waals surface area (Å²) in [6, 6.07) is 12.7. The lowest BCUT2D eigenvalue weighted by atomic mass is 10.1. The predicted octanol–water partition coefficient (Wildman–Crippen LogP) is 3.28. The summed E-state index contributed by atoms with van der Waals surface area (Å²) < 4.78 is 0. The third kappa shape index (κ3) is 3.83. The van der Waals surface area contributed by atoms with Crippen molar-refractivity contribution in [1.82, 2.24) is 14.9 Å². The van der Waals surface area contributed by atoms with E-state index in [0.717, 1.165) is 63.3 Å². The maximum Gasteiger partial charge on any atom is 0.227 e. The molecular weight excluding hydrogens is 322 g/mol. The number of likely N-dealkylation sites (N-methyl/N-ethyl adjacent to an activating group) is 1. The van der Waals surface area contributed by atoms with Crippen LogP contribution in [-0.2, 0) is 0 Å². The van der Waals surface area contributed by atoms with Crippen LogP contribution in [0, 0.1) is 0 Å². The molecular formula is C21H29N5. The maximum atomic E-state index is 4.98. The third-order valence-electron chi connectivity index (χ3n) is 5.55. The van der Waals surface area contributed by atoms with Crippen molar-refractivity contribution in [3.8, 4) is 11.3 Å². The van der Waals surface area contributed by atoms with Gasteiger partial charge in [0.15, 0.2) is 0 Å². The fraction of sp³-hybridized carbons (Fsp3) is 0.524. The number of benzene rings is 1. The minimum atomic E-state index is 0.891. The molecule has 0 unspecified atom stereocenters. The highest BCUT2D eigenvalue weighted by atomic mass is 15.3. The van der Waals surface area contributed by atoms with Crippen LogP contribution in [-0.4, -0.2) is 60.7 Å². The standard InChI is InChI=1S/C21H29N5/c1-2-24-13-15-26(16-14-24)21-22-19(18-9-5-3-6-10-18)17-20(23-21)25-11-7-4-8-12-25/h3,5-6,9-10,17H,2,4,7-8,11-16H2,1H3. The van der Waals surface area contributed by atoms with Gasteiger partial charge < -0.3 is 14.7 Å². The van der Waals surface area contributed by atoms with E-state index in [1.165, 1.54) is 24.8 Å². The van der Waals surface area contributed by atoms with Gasteiger partial charge in [-0.25, -0.2) is 4.98 Å². The first kappa shape index (κ1) is 17.3. The predicted molar refractivity (Wildman–Crippen MR) is 108 cm³/mol. The molecule has 3 heterocycles. The number of hydrogen-bond donors (Lipinski definition) is 0. The van der Waals surface area contributed by atoms with Crippen LogP contribution in [0.4, 0.5) is 11.8 Å². The molecule has 2 saturated heterocycles. The zero-order chi connectivity index (χ0) is 17.8. The Morgan fingerprint density at radius 2 is 1.54 bits per heavy atom. The number of aromatic nitrogens is 2. The Bertz CT molecular complexity index is 704. The van der Waals surface area contributed by atoms with Gasteiger partial charge in [-0.3, -0.25) is 0 Å². The highest BCUT2D eigenvalue weighted by Crippen LogP contribution is 2.27. The van der Waals surface area contributed by atoms with E-state index in [0.29, 0.717) is 0 Å². The molecule has 1 aromatic heterocycles. The summed E-state index contributed by atoms with van der Waals surface area (Å²) in [5, 5.41) is 0. The Kier molecular flexibility index (Phi) is 5.34. The smallest absolute Gasteiger partial charge is 0.227 e. The molecule has 138 valence electrons. The van der Waals surface area contributed by atoms with Crippen molar-refractivity contribution in [2.24, 2.45) is 0 Å². The summed E-state index contributed by atoms with van der Waals surface area (Å²) in [7, 11) is 0. The van der Waals surface area contributed by atoms with Gasteiger partial charge in [0.25, 0.3) is 0 Å². The zero-order valence-corrected chi connectivity index (χ0v) is 15.8. The van der Waals surface area contributed by atoms with Crippen LogP contribution in [0.5, 0.6) is 0 Å². The first-order valence-electron chi connectivity index (χ1n) is 10.0. The summed E-state index contributed by atoms with van der Waals surface area (Å²) in [4.78, 5) is 17.2. The van der Waals surface area contributed by atoms with Crippen LogP contribution in [0.2, 0.25) is 0 Å². The molecule has 5 heteroatoms. The quantitative estimate of drug-likeness (QED) is 0.845. The van der Waals surface area contributed by atoms with Gasteiger partial charge in [-0.05, 0) is 25.8 Å². The van der Waals surface area contributed by atoms with E-state index >= 15 is 0 Å². The Labute approximate surface area is 156 Å². The molecule has 0 radical (unpaired) electrons. The summed E-state index contributed by atoms with van der Waals surface area (Å²) in [5.41, 5.74) is 2.20. The average Bonchev–Trinajstić information content (AvgIpc) is 2.75. The Balaban J connectivity index is 1.66. The number of rotatable bonds is 4. The molecule has 0 bridgehead atoms. The van der Waals surface area contributed by atoms with Crippen molar-refractivity contribution < 1.29 is 0 Å². The number of hydrogen-bond acceptors (Lipinski definition) is 5. The molecule has 0 aliphatic carbocycles. The van der Waals surface area contributed by atoms with Crippen LogP contribution in [0.25, 0.3) is 11.3 Å². The summed E-state index contributed by atoms with van der Waals surface area (Å²) in [6.07, 6.45) is 3.85. The first-order valence-corrected chi connectivity index (χ1v) is 10.0. The van der Waals surface area contributed by atoms with Crippen LogP contribution in [0.1, 0.15) is 26.2 Å². The lowest BCUT2D eigenvalue weighted by Crippen LogP contribution is -2.47. The minimum absolute atomic E-state index is 0.891. The highest BCUT2D eigenvalue weighted by molar-refractivity contribution is 5.65. The summed E-state index contributed by atoms with van der Waals surface area (Å²) in [6.45, 7) is 9.76. The Morgan fingerprint density at radius 3 is 2.23 bits per heavy atom. The van der Waals surface area contributed by atoms with Gasteiger partial charge in [0.05, 0.1) is 5.69 Å². The monoisotopic (exact) mass is 351 g/mol. The molecule has 2 fully saturated rings. The Hall–Kier alpha value is -2.14. The second-order valence-corrected chi connectivity index (χ2v) is 7.25.